The summed E-state index contributed by atoms with van der Waals surface area (Å²) >= 11 is 0. The molecule has 1 aromatic rings. The SMILES string of the molecule is COC(=O)C1=CC=C(Oc2ccc(C)cc2)C([N+](=O)[O-])(S(N)(=O)=O)C1. The Balaban J connectivity index is 2.59. The maximum atomic E-state index is 12.1. The standard InChI is InChI=1S/C15H16N2O7S/c1-10-3-6-12(7-4-10)24-13-8-5-11(14(18)23-2)9-15(13,17(19)20)25(16,21)22/h3-8H,9H2,1-2H3,(H2,16,21,22). The molecule has 134 valence electrons. The Hall–Kier alpha value is -2.72. The van der Waals surface area contributed by atoms with E-state index in [1.165, 1.54) is 18.2 Å². The van der Waals surface area contributed by atoms with Gasteiger partial charge in [0.25, 0.3) is 10.0 Å². The summed E-state index contributed by atoms with van der Waals surface area (Å²) in [6.07, 6.45) is 1.45. The van der Waals surface area contributed by atoms with Crippen LogP contribution in [0.5, 0.6) is 5.75 Å². The molecule has 0 radical (unpaired) electrons. The van der Waals surface area contributed by atoms with Crippen LogP contribution in [0.4, 0.5) is 0 Å². The zero-order valence-electron chi connectivity index (χ0n) is 13.5. The van der Waals surface area contributed by atoms with Crippen molar-refractivity contribution in [3.63, 3.8) is 0 Å². The lowest BCUT2D eigenvalue weighted by Gasteiger charge is -2.28. The molecule has 0 saturated carbocycles. The number of hydrogen-bond donors (Lipinski definition) is 1. The van der Waals surface area contributed by atoms with Crippen molar-refractivity contribution in [1.29, 1.82) is 0 Å². The molecule has 1 unspecified atom stereocenters. The summed E-state index contributed by atoms with van der Waals surface area (Å²) in [6.45, 7) is 1.83. The Morgan fingerprint density at radius 2 is 1.88 bits per heavy atom. The molecule has 0 aliphatic heterocycles. The van der Waals surface area contributed by atoms with E-state index in [0.717, 1.165) is 18.7 Å². The van der Waals surface area contributed by atoms with Gasteiger partial charge in [0.15, 0.2) is 5.76 Å². The van der Waals surface area contributed by atoms with Gasteiger partial charge < -0.3 is 9.47 Å². The number of benzene rings is 1. The van der Waals surface area contributed by atoms with Gasteiger partial charge in [-0.05, 0) is 31.2 Å². The van der Waals surface area contributed by atoms with Gasteiger partial charge in [0.2, 0.25) is 0 Å². The molecule has 0 heterocycles. The zero-order valence-corrected chi connectivity index (χ0v) is 14.3. The molecule has 0 spiro atoms. The summed E-state index contributed by atoms with van der Waals surface area (Å²) in [6, 6.07) is 6.45. The maximum absolute atomic E-state index is 12.1. The second kappa shape index (κ2) is 6.65. The summed E-state index contributed by atoms with van der Waals surface area (Å²) in [5, 5.41) is 16.8. The fourth-order valence-electron chi connectivity index (χ4n) is 2.33. The lowest BCUT2D eigenvalue weighted by atomic mass is 9.98. The first-order chi connectivity index (χ1) is 11.6. The van der Waals surface area contributed by atoms with Crippen LogP contribution in [0.1, 0.15) is 12.0 Å². The number of sulfonamides is 1. The average molecular weight is 368 g/mol. The van der Waals surface area contributed by atoms with Gasteiger partial charge in [-0.2, -0.15) is 0 Å². The summed E-state index contributed by atoms with van der Waals surface area (Å²) in [4.78, 5) is 19.5. The lowest BCUT2D eigenvalue weighted by Crippen LogP contribution is -2.54. The van der Waals surface area contributed by atoms with E-state index in [4.69, 9.17) is 9.88 Å². The van der Waals surface area contributed by atoms with E-state index in [-0.39, 0.29) is 11.3 Å². The second-order valence-corrected chi connectivity index (χ2v) is 7.16. The fourth-order valence-corrected chi connectivity index (χ4v) is 3.28. The second-order valence-electron chi connectivity index (χ2n) is 5.39. The Morgan fingerprint density at radius 1 is 1.28 bits per heavy atom. The quantitative estimate of drug-likeness (QED) is 0.465. The lowest BCUT2D eigenvalue weighted by molar-refractivity contribution is -0.533. The van der Waals surface area contributed by atoms with E-state index < -0.39 is 38.0 Å². The zero-order chi connectivity index (χ0) is 18.8. The number of nitrogens with two attached hydrogens (primary N) is 1. The van der Waals surface area contributed by atoms with Crippen LogP contribution in [0.15, 0.2) is 47.7 Å². The largest absolute Gasteiger partial charge is 0.466 e. The Morgan fingerprint density at radius 3 is 2.36 bits per heavy atom. The molecule has 0 fully saturated rings. The number of nitro groups is 1. The highest BCUT2D eigenvalue weighted by molar-refractivity contribution is 7.90. The predicted octanol–water partition coefficient (Wildman–Crippen LogP) is 1.02. The molecule has 9 nitrogen and oxygen atoms in total. The Bertz CT molecular complexity index is 872. The van der Waals surface area contributed by atoms with Crippen LogP contribution in [-0.2, 0) is 19.6 Å². The van der Waals surface area contributed by atoms with Crippen LogP contribution in [0, 0.1) is 17.0 Å². The molecule has 0 aromatic heterocycles. The van der Waals surface area contributed by atoms with E-state index in [0.29, 0.717) is 0 Å². The molecular formula is C15H16N2O7S. The summed E-state index contributed by atoms with van der Waals surface area (Å²) < 4.78 is 34.1. The normalized spacial score (nSPS) is 20.3. The highest BCUT2D eigenvalue weighted by Crippen LogP contribution is 2.37. The monoisotopic (exact) mass is 368 g/mol. The van der Waals surface area contributed by atoms with Crippen LogP contribution >= 0.6 is 0 Å². The molecule has 0 amide bonds. The van der Waals surface area contributed by atoms with Gasteiger partial charge in [0.05, 0.1) is 18.5 Å². The number of hydrogen-bond acceptors (Lipinski definition) is 7. The number of carbonyl (C=O) groups is 1. The van der Waals surface area contributed by atoms with Gasteiger partial charge in [-0.25, -0.2) is 18.4 Å². The van der Waals surface area contributed by atoms with Crippen LogP contribution in [0.2, 0.25) is 0 Å². The number of nitrogens with zero attached hydrogens (tertiary/aromatic N) is 1. The minimum Gasteiger partial charge on any atom is -0.466 e. The third-order valence-corrected chi connectivity index (χ3v) is 5.15. The van der Waals surface area contributed by atoms with Crippen molar-refractivity contribution < 1.29 is 27.6 Å². The smallest absolute Gasteiger partial charge is 0.392 e. The number of carbonyl (C=O) groups excluding carboxylic acids is 1. The minimum absolute atomic E-state index is 0.196. The molecule has 2 rings (SSSR count). The summed E-state index contributed by atoms with van der Waals surface area (Å²) in [5.41, 5.74) is 0.717. The highest BCUT2D eigenvalue weighted by atomic mass is 32.2. The van der Waals surface area contributed by atoms with Gasteiger partial charge in [0.1, 0.15) is 5.75 Å². The average Bonchev–Trinajstić information content (AvgIpc) is 2.55. The van der Waals surface area contributed by atoms with Crippen LogP contribution < -0.4 is 9.88 Å². The minimum atomic E-state index is -4.78. The Kier molecular flexibility index (Phi) is 4.95. The van der Waals surface area contributed by atoms with Crippen molar-refractivity contribution in [3.8, 4) is 5.75 Å². The first-order valence-corrected chi connectivity index (χ1v) is 8.57. The van der Waals surface area contributed by atoms with Gasteiger partial charge in [-0.15, -0.1) is 0 Å². The number of ether oxygens (including phenoxy) is 2. The van der Waals surface area contributed by atoms with E-state index in [9.17, 15) is 23.3 Å². The van der Waals surface area contributed by atoms with E-state index in [1.54, 1.807) is 12.1 Å². The first kappa shape index (κ1) is 18.6. The molecular weight excluding hydrogens is 352 g/mol. The Labute approximate surface area is 143 Å². The third kappa shape index (κ3) is 3.39. The van der Waals surface area contributed by atoms with Crippen LogP contribution in [0.3, 0.4) is 0 Å². The third-order valence-electron chi connectivity index (χ3n) is 3.71. The van der Waals surface area contributed by atoms with Crippen molar-refractivity contribution in [3.05, 3.63) is 63.4 Å². The van der Waals surface area contributed by atoms with Gasteiger partial charge >= 0.3 is 10.8 Å². The van der Waals surface area contributed by atoms with E-state index >= 15 is 0 Å². The number of esters is 1. The molecule has 1 atom stereocenters. The molecule has 25 heavy (non-hydrogen) atoms. The molecule has 1 aromatic carbocycles. The fraction of sp³-hybridized carbons (Fsp3) is 0.267. The number of rotatable bonds is 5. The molecule has 2 N–H and O–H groups in total. The molecule has 0 bridgehead atoms. The predicted molar refractivity (Wildman–Crippen MR) is 87.4 cm³/mol. The number of primary sulfonamides is 1. The molecule has 0 saturated heterocycles. The van der Waals surface area contributed by atoms with Crippen molar-refractivity contribution >= 4 is 16.0 Å². The van der Waals surface area contributed by atoms with Gasteiger partial charge in [-0.1, -0.05) is 17.7 Å². The first-order valence-electron chi connectivity index (χ1n) is 7.03. The highest BCUT2D eigenvalue weighted by Gasteiger charge is 2.61. The van der Waals surface area contributed by atoms with E-state index in [2.05, 4.69) is 4.74 Å². The van der Waals surface area contributed by atoms with Gasteiger partial charge in [0, 0.05) is 5.57 Å². The topological polar surface area (TPSA) is 139 Å². The van der Waals surface area contributed by atoms with Crippen molar-refractivity contribution in [2.45, 2.75) is 18.2 Å². The van der Waals surface area contributed by atoms with Crippen molar-refractivity contribution in [1.82, 2.24) is 0 Å². The summed E-state index contributed by atoms with van der Waals surface area (Å²) in [7, 11) is -3.70. The van der Waals surface area contributed by atoms with E-state index in [1.807, 2.05) is 6.92 Å². The van der Waals surface area contributed by atoms with Crippen molar-refractivity contribution in [2.75, 3.05) is 7.11 Å². The van der Waals surface area contributed by atoms with Gasteiger partial charge in [-0.3, -0.25) is 10.1 Å². The molecule has 1 aliphatic carbocycles. The maximum Gasteiger partial charge on any atom is 0.392 e. The molecule has 1 aliphatic rings. The number of aryl methyl sites for hydroxylation is 1. The van der Waals surface area contributed by atoms with Crippen LogP contribution in [-0.4, -0.2) is 31.3 Å². The number of methoxy groups -OCH3 is 1. The van der Waals surface area contributed by atoms with Crippen LogP contribution in [0.25, 0.3) is 0 Å². The summed E-state index contributed by atoms with van der Waals surface area (Å²) in [5.74, 6) is -1.20. The molecule has 10 heteroatoms. The van der Waals surface area contributed by atoms with Crippen molar-refractivity contribution in [2.24, 2.45) is 5.14 Å². The number of allylic oxidation sites excluding steroid dienone is 2.